The lowest BCUT2D eigenvalue weighted by Crippen LogP contribution is -2.36. The van der Waals surface area contributed by atoms with Gasteiger partial charge in [0.15, 0.2) is 25.2 Å². The van der Waals surface area contributed by atoms with Gasteiger partial charge in [0.25, 0.3) is 0 Å². The Hall–Kier alpha value is -3.09. The summed E-state index contributed by atoms with van der Waals surface area (Å²) in [5, 5.41) is 21.0. The number of ether oxygens (including phenoxy) is 2. The van der Waals surface area contributed by atoms with Crippen LogP contribution in [-0.4, -0.2) is 73.4 Å². The van der Waals surface area contributed by atoms with Crippen LogP contribution in [0.4, 0.5) is 8.78 Å². The highest BCUT2D eigenvalue weighted by atomic mass is 32.1. The molecule has 2 aliphatic heterocycles. The molecule has 34 heavy (non-hydrogen) atoms. The number of carbonyl (C=O) groups is 1. The third-order valence-electron chi connectivity index (χ3n) is 5.53. The van der Waals surface area contributed by atoms with Gasteiger partial charge in [-0.05, 0) is 25.5 Å². The maximum atomic E-state index is 15.0. The monoisotopic (exact) mass is 492 g/mol. The molecule has 1 fully saturated rings. The summed E-state index contributed by atoms with van der Waals surface area (Å²) in [5.41, 5.74) is 1.02. The maximum Gasteiger partial charge on any atom is 0.366 e. The highest BCUT2D eigenvalue weighted by Crippen LogP contribution is 2.29. The minimum absolute atomic E-state index is 0.0224. The molecule has 0 aliphatic carbocycles. The van der Waals surface area contributed by atoms with E-state index in [9.17, 15) is 18.7 Å². The van der Waals surface area contributed by atoms with Crippen LogP contribution in [0.2, 0.25) is 0 Å². The van der Waals surface area contributed by atoms with Crippen molar-refractivity contribution in [3.8, 4) is 5.69 Å². The Morgan fingerprint density at radius 2 is 2.15 bits per heavy atom. The first-order valence-corrected chi connectivity index (χ1v) is 11.0. The maximum absolute atomic E-state index is 15.0. The number of carbonyl (C=O) groups excluding carboxylic acids is 1. The summed E-state index contributed by atoms with van der Waals surface area (Å²) in [5.74, 6) is -2.18. The Morgan fingerprint density at radius 1 is 1.41 bits per heavy atom. The fraction of sp³-hybridized carbons (Fsp3) is 0.409. The summed E-state index contributed by atoms with van der Waals surface area (Å²) in [6.07, 6.45) is 3.44. The number of aliphatic hydroxyl groups excluding tert-OH is 1. The zero-order valence-electron chi connectivity index (χ0n) is 18.6. The Kier molecular flexibility index (Phi) is 6.82. The van der Waals surface area contributed by atoms with Crippen molar-refractivity contribution in [2.24, 2.45) is 0 Å². The molecule has 1 aromatic carbocycles. The molecule has 2 N–H and O–H groups in total. The van der Waals surface area contributed by atoms with Crippen LogP contribution >= 0.6 is 12.2 Å². The highest BCUT2D eigenvalue weighted by Gasteiger charge is 2.40. The number of hydrogen-bond acceptors (Lipinski definition) is 6. The van der Waals surface area contributed by atoms with Gasteiger partial charge >= 0.3 is 5.90 Å². The summed E-state index contributed by atoms with van der Waals surface area (Å²) in [4.78, 5) is 10.6. The SMILES string of the molecule is CC1(C)OC[C@@H](C(O)=[N+]2CC=C(c3c(F)cc(-n4cc(CNC(=S)C=O)nn4)cc3F)CC2)O1. The molecular formula is C22H24F2N5O4S+. The van der Waals surface area contributed by atoms with Gasteiger partial charge in [-0.1, -0.05) is 17.4 Å². The van der Waals surface area contributed by atoms with E-state index in [2.05, 4.69) is 15.6 Å². The third-order valence-corrected chi connectivity index (χ3v) is 5.77. The van der Waals surface area contributed by atoms with Crippen LogP contribution in [0.25, 0.3) is 11.3 Å². The quantitative estimate of drug-likeness (QED) is 0.274. The van der Waals surface area contributed by atoms with Crippen LogP contribution in [0.15, 0.2) is 24.4 Å². The van der Waals surface area contributed by atoms with Gasteiger partial charge in [-0.2, -0.15) is 4.58 Å². The molecule has 0 unspecified atom stereocenters. The molecule has 2 aliphatic rings. The minimum Gasteiger partial charge on any atom is -0.461 e. The first-order valence-electron chi connectivity index (χ1n) is 10.6. The normalized spacial score (nSPS) is 21.2. The molecule has 0 saturated carbocycles. The minimum atomic E-state index is -0.771. The van der Waals surface area contributed by atoms with E-state index in [0.717, 1.165) is 0 Å². The van der Waals surface area contributed by atoms with Gasteiger partial charge in [-0.25, -0.2) is 13.5 Å². The second-order valence-corrected chi connectivity index (χ2v) is 8.82. The zero-order valence-corrected chi connectivity index (χ0v) is 19.4. The first kappa shape index (κ1) is 24.0. The van der Waals surface area contributed by atoms with E-state index in [4.69, 9.17) is 21.7 Å². The number of aldehydes is 1. The van der Waals surface area contributed by atoms with E-state index in [-0.39, 0.29) is 41.8 Å². The van der Waals surface area contributed by atoms with Crippen molar-refractivity contribution in [3.63, 3.8) is 0 Å². The van der Waals surface area contributed by atoms with Crippen molar-refractivity contribution < 1.29 is 32.7 Å². The Labute approximate surface area is 199 Å². The smallest absolute Gasteiger partial charge is 0.366 e. The summed E-state index contributed by atoms with van der Waals surface area (Å²) in [6.45, 7) is 4.59. The van der Waals surface area contributed by atoms with Gasteiger partial charge in [0.05, 0.1) is 25.0 Å². The van der Waals surface area contributed by atoms with Gasteiger partial charge in [-0.15, -0.1) is 5.10 Å². The van der Waals surface area contributed by atoms with Gasteiger partial charge in [0.2, 0.25) is 6.10 Å². The molecule has 0 bridgehead atoms. The Balaban J connectivity index is 1.50. The molecule has 1 atom stereocenters. The molecule has 1 saturated heterocycles. The number of thiocarbonyl (C=S) groups is 1. The summed E-state index contributed by atoms with van der Waals surface area (Å²) < 4.78 is 44.0. The van der Waals surface area contributed by atoms with Crippen molar-refractivity contribution >= 4 is 35.0 Å². The van der Waals surface area contributed by atoms with Gasteiger partial charge in [-0.3, -0.25) is 4.79 Å². The second kappa shape index (κ2) is 9.65. The predicted molar refractivity (Wildman–Crippen MR) is 122 cm³/mol. The van der Waals surface area contributed by atoms with E-state index >= 15 is 0 Å². The van der Waals surface area contributed by atoms with Crippen LogP contribution < -0.4 is 5.32 Å². The van der Waals surface area contributed by atoms with E-state index in [1.807, 2.05) is 0 Å². The van der Waals surface area contributed by atoms with Gasteiger partial charge in [0, 0.05) is 24.1 Å². The molecule has 0 amide bonds. The summed E-state index contributed by atoms with van der Waals surface area (Å²) >= 11 is 4.75. The van der Waals surface area contributed by atoms with Crippen LogP contribution in [0.1, 0.15) is 31.5 Å². The molecular weight excluding hydrogens is 468 g/mol. The number of aromatic nitrogens is 3. The topological polar surface area (TPSA) is 102 Å². The predicted octanol–water partition coefficient (Wildman–Crippen LogP) is 2.07. The summed E-state index contributed by atoms with van der Waals surface area (Å²) in [6, 6.07) is 2.37. The largest absolute Gasteiger partial charge is 0.461 e. The standard InChI is InChI=1S/C22H23F2N5O4S/c1-22(2)32-12-18(33-22)21(31)28-5-3-13(4-6-28)20-16(23)7-15(8-17(20)24)29-10-14(26-27-29)9-25-19(34)11-30/h3,7-8,10-11,18H,4-6,9,12H2,1-2H3,(H,25,34)/p+1/t18-/m0/s1. The number of benzene rings is 1. The second-order valence-electron chi connectivity index (χ2n) is 8.38. The number of nitrogens with zero attached hydrogens (tertiary/aromatic N) is 4. The number of halogens is 2. The lowest BCUT2D eigenvalue weighted by Gasteiger charge is -2.18. The average Bonchev–Trinajstić information content (AvgIpc) is 3.43. The highest BCUT2D eigenvalue weighted by molar-refractivity contribution is 7.81. The lowest BCUT2D eigenvalue weighted by molar-refractivity contribution is -0.529. The third kappa shape index (κ3) is 5.18. The summed E-state index contributed by atoms with van der Waals surface area (Å²) in [7, 11) is 0. The van der Waals surface area contributed by atoms with Crippen molar-refractivity contribution in [1.29, 1.82) is 0 Å². The Bertz CT molecular complexity index is 1170. The first-order chi connectivity index (χ1) is 16.2. The van der Waals surface area contributed by atoms with Crippen LogP contribution in [0.5, 0.6) is 0 Å². The fourth-order valence-corrected chi connectivity index (χ4v) is 3.92. The van der Waals surface area contributed by atoms with E-state index in [1.165, 1.54) is 23.0 Å². The molecule has 0 spiro atoms. The number of hydrogen-bond donors (Lipinski definition) is 2. The molecule has 4 rings (SSSR count). The average molecular weight is 493 g/mol. The Morgan fingerprint density at radius 3 is 2.74 bits per heavy atom. The molecule has 2 aromatic rings. The fourth-order valence-electron chi connectivity index (χ4n) is 3.85. The van der Waals surface area contributed by atoms with Crippen molar-refractivity contribution in [2.75, 3.05) is 19.7 Å². The lowest BCUT2D eigenvalue weighted by atomic mass is 9.98. The van der Waals surface area contributed by atoms with Crippen molar-refractivity contribution in [3.05, 3.63) is 47.3 Å². The van der Waals surface area contributed by atoms with E-state index in [1.54, 1.807) is 24.5 Å². The number of rotatable bonds is 6. The number of nitrogens with one attached hydrogen (secondary N) is 1. The molecule has 12 heteroatoms. The molecule has 3 heterocycles. The molecule has 9 nitrogen and oxygen atoms in total. The van der Waals surface area contributed by atoms with Crippen LogP contribution in [-0.2, 0) is 20.8 Å². The van der Waals surface area contributed by atoms with Gasteiger partial charge in [0.1, 0.15) is 22.3 Å². The van der Waals surface area contributed by atoms with Gasteiger partial charge < -0.3 is 19.9 Å². The number of aliphatic hydroxyl groups is 1. The molecule has 1 aromatic heterocycles. The van der Waals surface area contributed by atoms with Crippen molar-refractivity contribution in [2.45, 2.75) is 38.7 Å². The zero-order chi connectivity index (χ0) is 24.5. The van der Waals surface area contributed by atoms with E-state index in [0.29, 0.717) is 30.5 Å². The van der Waals surface area contributed by atoms with Crippen molar-refractivity contribution in [1.82, 2.24) is 20.3 Å². The van der Waals surface area contributed by atoms with E-state index < -0.39 is 23.5 Å². The molecule has 180 valence electrons. The molecule has 0 radical (unpaired) electrons. The van der Waals surface area contributed by atoms with Crippen LogP contribution in [0, 0.1) is 11.6 Å². The van der Waals surface area contributed by atoms with Crippen LogP contribution in [0.3, 0.4) is 0 Å².